The molecule has 0 spiro atoms. The van der Waals surface area contributed by atoms with E-state index in [9.17, 15) is 4.79 Å². The van der Waals surface area contributed by atoms with Gasteiger partial charge in [-0.2, -0.15) is 0 Å². The van der Waals surface area contributed by atoms with E-state index in [4.69, 9.17) is 9.84 Å². The molecule has 1 aromatic carbocycles. The van der Waals surface area contributed by atoms with E-state index in [1.165, 1.54) is 0 Å². The first-order valence-electron chi connectivity index (χ1n) is 5.28. The average molecular weight is 222 g/mol. The monoisotopic (exact) mass is 222 g/mol. The highest BCUT2D eigenvalue weighted by Crippen LogP contribution is 2.22. The molecule has 0 radical (unpaired) electrons. The van der Waals surface area contributed by atoms with Crippen molar-refractivity contribution >= 4 is 5.97 Å². The summed E-state index contributed by atoms with van der Waals surface area (Å²) in [5.74, 6) is -0.835. The van der Waals surface area contributed by atoms with Crippen molar-refractivity contribution in [3.63, 3.8) is 0 Å². The molecule has 1 atom stereocenters. The second-order valence-corrected chi connectivity index (χ2v) is 4.33. The van der Waals surface area contributed by atoms with Crippen molar-refractivity contribution in [3.05, 3.63) is 35.4 Å². The fourth-order valence-corrected chi connectivity index (χ4v) is 1.74. The summed E-state index contributed by atoms with van der Waals surface area (Å²) in [5.41, 5.74) is 1.65. The minimum atomic E-state index is -0.835. The predicted molar refractivity (Wildman–Crippen MR) is 62.5 cm³/mol. The van der Waals surface area contributed by atoms with Gasteiger partial charge in [-0.25, -0.2) is 0 Å². The Labute approximate surface area is 96.1 Å². The number of ether oxygens (including phenoxy) is 1. The van der Waals surface area contributed by atoms with Gasteiger partial charge in [0.05, 0.1) is 12.0 Å². The lowest BCUT2D eigenvalue weighted by Crippen LogP contribution is -2.33. The summed E-state index contributed by atoms with van der Waals surface area (Å²) in [5, 5.41) is 8.85. The molecule has 0 heterocycles. The van der Waals surface area contributed by atoms with Gasteiger partial charge in [-0.1, -0.05) is 24.3 Å². The van der Waals surface area contributed by atoms with Gasteiger partial charge in [-0.15, -0.1) is 0 Å². The molecule has 1 N–H and O–H groups in total. The Hall–Kier alpha value is -1.35. The first-order valence-corrected chi connectivity index (χ1v) is 5.28. The number of rotatable bonds is 5. The van der Waals surface area contributed by atoms with Crippen LogP contribution in [-0.2, 0) is 16.0 Å². The van der Waals surface area contributed by atoms with E-state index in [1.807, 2.05) is 38.1 Å². The Bertz CT molecular complexity index is 373. The van der Waals surface area contributed by atoms with Crippen molar-refractivity contribution in [3.8, 4) is 0 Å². The molecule has 1 aromatic rings. The Kier molecular flexibility index (Phi) is 4.07. The molecule has 0 amide bonds. The van der Waals surface area contributed by atoms with Gasteiger partial charge < -0.3 is 9.84 Å². The van der Waals surface area contributed by atoms with E-state index in [0.717, 1.165) is 11.1 Å². The predicted octanol–water partition coefficient (Wildman–Crippen LogP) is 2.42. The Morgan fingerprint density at radius 3 is 2.56 bits per heavy atom. The molecule has 3 nitrogen and oxygen atoms in total. The second-order valence-electron chi connectivity index (χ2n) is 4.33. The highest BCUT2D eigenvalue weighted by Gasteiger charge is 2.27. The van der Waals surface area contributed by atoms with Gasteiger partial charge in [0.15, 0.2) is 0 Å². The average Bonchev–Trinajstić information content (AvgIpc) is 2.20. The number of methoxy groups -OCH3 is 1. The van der Waals surface area contributed by atoms with Crippen LogP contribution in [0.4, 0.5) is 0 Å². The zero-order valence-corrected chi connectivity index (χ0v) is 9.99. The summed E-state index contributed by atoms with van der Waals surface area (Å²) in [6.45, 7) is 3.85. The number of hydrogen-bond acceptors (Lipinski definition) is 2. The van der Waals surface area contributed by atoms with Crippen LogP contribution in [0.3, 0.4) is 0 Å². The van der Waals surface area contributed by atoms with E-state index >= 15 is 0 Å². The maximum Gasteiger partial charge on any atom is 0.306 e. The van der Waals surface area contributed by atoms with Gasteiger partial charge in [0, 0.05) is 13.5 Å². The van der Waals surface area contributed by atoms with Crippen LogP contribution in [0.15, 0.2) is 24.3 Å². The summed E-state index contributed by atoms with van der Waals surface area (Å²) in [6, 6.07) is 7.96. The number of carbonyl (C=O) groups is 1. The summed E-state index contributed by atoms with van der Waals surface area (Å²) in [7, 11) is 1.56. The highest BCUT2D eigenvalue weighted by atomic mass is 16.5. The quantitative estimate of drug-likeness (QED) is 0.832. The molecular formula is C13H18O3. The molecule has 88 valence electrons. The van der Waals surface area contributed by atoms with Crippen LogP contribution in [0.25, 0.3) is 0 Å². The molecule has 16 heavy (non-hydrogen) atoms. The third-order valence-corrected chi connectivity index (χ3v) is 2.84. The highest BCUT2D eigenvalue weighted by molar-refractivity contribution is 5.68. The SMILES string of the molecule is COC(C)(CC(=O)O)Cc1ccccc1C. The van der Waals surface area contributed by atoms with Gasteiger partial charge >= 0.3 is 5.97 Å². The fourth-order valence-electron chi connectivity index (χ4n) is 1.74. The zero-order chi connectivity index (χ0) is 12.2. The third kappa shape index (κ3) is 3.35. The standard InChI is InChI=1S/C13H18O3/c1-10-6-4-5-7-11(10)8-13(2,16-3)9-12(14)15/h4-7H,8-9H2,1-3H3,(H,14,15). The van der Waals surface area contributed by atoms with Crippen molar-refractivity contribution < 1.29 is 14.6 Å². The first kappa shape index (κ1) is 12.7. The van der Waals surface area contributed by atoms with Gasteiger partial charge in [-0.3, -0.25) is 4.79 Å². The Morgan fingerprint density at radius 2 is 2.06 bits per heavy atom. The van der Waals surface area contributed by atoms with Crippen molar-refractivity contribution in [1.82, 2.24) is 0 Å². The zero-order valence-electron chi connectivity index (χ0n) is 9.99. The minimum Gasteiger partial charge on any atom is -0.481 e. The van der Waals surface area contributed by atoms with Crippen molar-refractivity contribution in [1.29, 1.82) is 0 Å². The van der Waals surface area contributed by atoms with E-state index in [0.29, 0.717) is 6.42 Å². The molecular weight excluding hydrogens is 204 g/mol. The van der Waals surface area contributed by atoms with Crippen LogP contribution in [0.5, 0.6) is 0 Å². The van der Waals surface area contributed by atoms with E-state index in [2.05, 4.69) is 0 Å². The van der Waals surface area contributed by atoms with Gasteiger partial charge in [0.2, 0.25) is 0 Å². The van der Waals surface area contributed by atoms with Gasteiger partial charge in [-0.05, 0) is 25.0 Å². The molecule has 0 aliphatic carbocycles. The fraction of sp³-hybridized carbons (Fsp3) is 0.462. The van der Waals surface area contributed by atoms with E-state index in [-0.39, 0.29) is 6.42 Å². The number of benzene rings is 1. The largest absolute Gasteiger partial charge is 0.481 e. The number of hydrogen-bond donors (Lipinski definition) is 1. The molecule has 0 fully saturated rings. The lowest BCUT2D eigenvalue weighted by molar-refractivity contribution is -0.143. The Balaban J connectivity index is 2.85. The number of carboxylic acids is 1. The summed E-state index contributed by atoms with van der Waals surface area (Å²) < 4.78 is 5.33. The summed E-state index contributed by atoms with van der Waals surface area (Å²) >= 11 is 0. The molecule has 0 aromatic heterocycles. The normalized spacial score (nSPS) is 14.4. The molecule has 1 unspecified atom stereocenters. The van der Waals surface area contributed by atoms with E-state index < -0.39 is 11.6 Å². The molecule has 0 aliphatic heterocycles. The van der Waals surface area contributed by atoms with Crippen LogP contribution in [0.2, 0.25) is 0 Å². The maximum atomic E-state index is 10.8. The van der Waals surface area contributed by atoms with Crippen molar-refractivity contribution in [2.45, 2.75) is 32.3 Å². The minimum absolute atomic E-state index is 0.0117. The molecule has 0 saturated carbocycles. The van der Waals surface area contributed by atoms with Crippen LogP contribution >= 0.6 is 0 Å². The van der Waals surface area contributed by atoms with Crippen LogP contribution in [0.1, 0.15) is 24.5 Å². The number of carboxylic acid groups (broad SMARTS) is 1. The van der Waals surface area contributed by atoms with Crippen molar-refractivity contribution in [2.75, 3.05) is 7.11 Å². The first-order chi connectivity index (χ1) is 7.47. The molecule has 1 rings (SSSR count). The van der Waals surface area contributed by atoms with Crippen LogP contribution in [-0.4, -0.2) is 23.8 Å². The van der Waals surface area contributed by atoms with Crippen LogP contribution in [0, 0.1) is 6.92 Å². The summed E-state index contributed by atoms with van der Waals surface area (Å²) in [4.78, 5) is 10.8. The number of aliphatic carboxylic acids is 1. The number of aryl methyl sites for hydroxylation is 1. The smallest absolute Gasteiger partial charge is 0.306 e. The second kappa shape index (κ2) is 5.12. The molecule has 0 aliphatic rings. The maximum absolute atomic E-state index is 10.8. The molecule has 0 saturated heterocycles. The van der Waals surface area contributed by atoms with Crippen molar-refractivity contribution in [2.24, 2.45) is 0 Å². The van der Waals surface area contributed by atoms with Gasteiger partial charge in [0.1, 0.15) is 0 Å². The summed E-state index contributed by atoms with van der Waals surface area (Å²) in [6.07, 6.45) is 0.625. The molecule has 3 heteroatoms. The van der Waals surface area contributed by atoms with E-state index in [1.54, 1.807) is 7.11 Å². The lowest BCUT2D eigenvalue weighted by atomic mass is 9.91. The third-order valence-electron chi connectivity index (χ3n) is 2.84. The topological polar surface area (TPSA) is 46.5 Å². The van der Waals surface area contributed by atoms with Gasteiger partial charge in [0.25, 0.3) is 0 Å². The molecule has 0 bridgehead atoms. The Morgan fingerprint density at radius 1 is 1.44 bits per heavy atom. The van der Waals surface area contributed by atoms with Crippen LogP contribution < -0.4 is 0 Å². The lowest BCUT2D eigenvalue weighted by Gasteiger charge is -2.27.